The zero-order valence-electron chi connectivity index (χ0n) is 21.6. The van der Waals surface area contributed by atoms with Gasteiger partial charge >= 0.3 is 11.9 Å². The van der Waals surface area contributed by atoms with Gasteiger partial charge in [0.25, 0.3) is 0 Å². The highest BCUT2D eigenvalue weighted by Crippen LogP contribution is 2.32. The third-order valence-corrected chi connectivity index (χ3v) is 5.94. The lowest BCUT2D eigenvalue weighted by Crippen LogP contribution is -2.27. The molecule has 0 N–H and O–H groups in total. The van der Waals surface area contributed by atoms with Gasteiger partial charge in [0.15, 0.2) is 17.2 Å². The molecule has 3 atom stereocenters. The smallest absolute Gasteiger partial charge is 0.313 e. The van der Waals surface area contributed by atoms with Gasteiger partial charge in [-0.15, -0.1) is 0 Å². The van der Waals surface area contributed by atoms with Crippen molar-refractivity contribution in [3.63, 3.8) is 0 Å². The summed E-state index contributed by atoms with van der Waals surface area (Å²) in [7, 11) is 1.39. The topological polar surface area (TPSA) is 91.8 Å². The van der Waals surface area contributed by atoms with Crippen LogP contribution in [0, 0.1) is 31.5 Å². The van der Waals surface area contributed by atoms with E-state index >= 15 is 0 Å². The molecule has 8 heteroatoms. The largest absolute Gasteiger partial charge is 0.493 e. The van der Waals surface area contributed by atoms with E-state index in [2.05, 4.69) is 4.98 Å². The van der Waals surface area contributed by atoms with E-state index in [1.54, 1.807) is 27.7 Å². The summed E-state index contributed by atoms with van der Waals surface area (Å²) in [6.45, 7) is 12.3. The Morgan fingerprint density at radius 3 is 2.14 bits per heavy atom. The Morgan fingerprint density at radius 2 is 1.60 bits per heavy atom. The number of aromatic nitrogens is 1. The molecule has 0 amide bonds. The first-order valence-electron chi connectivity index (χ1n) is 11.6. The number of nitrogens with zero attached hydrogens (tertiary/aromatic N) is 1. The number of halogens is 1. The predicted molar refractivity (Wildman–Crippen MR) is 129 cm³/mol. The number of methoxy groups -OCH3 is 1. The molecule has 0 aliphatic rings. The van der Waals surface area contributed by atoms with Crippen LogP contribution in [0.5, 0.6) is 11.5 Å². The average molecular weight is 488 g/mol. The number of aryl methyl sites for hydroxylation is 2. The number of ketones is 1. The van der Waals surface area contributed by atoms with Gasteiger partial charge in [0.2, 0.25) is 5.75 Å². The first-order valence-corrected chi connectivity index (χ1v) is 11.6. The molecule has 0 saturated carbocycles. The van der Waals surface area contributed by atoms with Crippen LogP contribution in [-0.4, -0.2) is 35.9 Å². The Hall–Kier alpha value is -3.29. The van der Waals surface area contributed by atoms with E-state index in [4.69, 9.17) is 14.2 Å². The van der Waals surface area contributed by atoms with Crippen LogP contribution in [0.1, 0.15) is 74.1 Å². The number of hydrogen-bond donors (Lipinski definition) is 0. The molecule has 0 bridgehead atoms. The number of carbonyl (C=O) groups is 3. The van der Waals surface area contributed by atoms with Crippen molar-refractivity contribution in [2.24, 2.45) is 11.8 Å². The van der Waals surface area contributed by atoms with Crippen molar-refractivity contribution in [3.8, 4) is 11.5 Å². The molecule has 2 rings (SSSR count). The van der Waals surface area contributed by atoms with Crippen LogP contribution in [0.3, 0.4) is 0 Å². The monoisotopic (exact) mass is 487 g/mol. The summed E-state index contributed by atoms with van der Waals surface area (Å²) in [5, 5.41) is 0. The fraction of sp³-hybridized carbons (Fsp3) is 0.481. The van der Waals surface area contributed by atoms with Gasteiger partial charge in [-0.3, -0.25) is 14.4 Å². The van der Waals surface area contributed by atoms with Crippen molar-refractivity contribution in [1.82, 2.24) is 4.98 Å². The van der Waals surface area contributed by atoms with Crippen molar-refractivity contribution in [2.75, 3.05) is 7.11 Å². The first-order chi connectivity index (χ1) is 16.4. The second kappa shape index (κ2) is 11.9. The number of benzene rings is 1. The van der Waals surface area contributed by atoms with Crippen LogP contribution in [0.2, 0.25) is 0 Å². The highest BCUT2D eigenvalue weighted by molar-refractivity contribution is 6.00. The zero-order valence-corrected chi connectivity index (χ0v) is 21.6. The van der Waals surface area contributed by atoms with Gasteiger partial charge < -0.3 is 14.2 Å². The number of Topliss-reactive ketones (excluding diaryl/α,β-unsaturated/α-hetero) is 1. The molecule has 0 unspecified atom stereocenters. The molecular weight excluding hydrogens is 453 g/mol. The SMILES string of the molecule is COc1ccnc(C(=O)C[C@@H](C)C(=O)O[C@@H](C)[C@@H](C)c2c(C)cc(F)cc2C)c1OC(=O)C(C)C. The molecule has 0 fully saturated rings. The lowest BCUT2D eigenvalue weighted by Gasteiger charge is -2.25. The molecule has 0 spiro atoms. The van der Waals surface area contributed by atoms with E-state index in [1.165, 1.54) is 31.5 Å². The van der Waals surface area contributed by atoms with Crippen molar-refractivity contribution in [2.45, 2.75) is 66.9 Å². The second-order valence-electron chi connectivity index (χ2n) is 9.18. The molecule has 0 aliphatic carbocycles. The maximum Gasteiger partial charge on any atom is 0.313 e. The fourth-order valence-corrected chi connectivity index (χ4v) is 3.84. The second-order valence-corrected chi connectivity index (χ2v) is 9.18. The van der Waals surface area contributed by atoms with Crippen molar-refractivity contribution >= 4 is 17.7 Å². The highest BCUT2D eigenvalue weighted by Gasteiger charge is 2.29. The highest BCUT2D eigenvalue weighted by atomic mass is 19.1. The first kappa shape index (κ1) is 28.0. The predicted octanol–water partition coefficient (Wildman–Crippen LogP) is 5.35. The molecule has 0 saturated heterocycles. The van der Waals surface area contributed by atoms with E-state index < -0.39 is 35.7 Å². The van der Waals surface area contributed by atoms with E-state index in [-0.39, 0.29) is 35.3 Å². The van der Waals surface area contributed by atoms with Crippen LogP contribution < -0.4 is 9.47 Å². The summed E-state index contributed by atoms with van der Waals surface area (Å²) in [5.74, 6) is -3.11. The quantitative estimate of drug-likeness (QED) is 0.329. The number of esters is 2. The Labute approximate surface area is 206 Å². The lowest BCUT2D eigenvalue weighted by atomic mass is 9.88. The van der Waals surface area contributed by atoms with Gasteiger partial charge in [0.1, 0.15) is 11.9 Å². The third-order valence-electron chi connectivity index (χ3n) is 5.94. The number of carbonyl (C=O) groups excluding carboxylic acids is 3. The molecule has 1 aromatic carbocycles. The van der Waals surface area contributed by atoms with Crippen LogP contribution >= 0.6 is 0 Å². The number of ether oxygens (including phenoxy) is 3. The minimum Gasteiger partial charge on any atom is -0.493 e. The summed E-state index contributed by atoms with van der Waals surface area (Å²) >= 11 is 0. The van der Waals surface area contributed by atoms with E-state index in [9.17, 15) is 18.8 Å². The maximum atomic E-state index is 13.7. The van der Waals surface area contributed by atoms with E-state index in [1.807, 2.05) is 20.8 Å². The Bertz CT molecular complexity index is 1070. The fourth-order valence-electron chi connectivity index (χ4n) is 3.84. The lowest BCUT2D eigenvalue weighted by molar-refractivity contribution is -0.153. The van der Waals surface area contributed by atoms with E-state index in [0.717, 1.165) is 16.7 Å². The van der Waals surface area contributed by atoms with Gasteiger partial charge in [-0.1, -0.05) is 27.7 Å². The molecule has 7 nitrogen and oxygen atoms in total. The minimum absolute atomic E-state index is 0.0662. The van der Waals surface area contributed by atoms with Gasteiger partial charge in [-0.2, -0.15) is 0 Å². The Balaban J connectivity index is 2.14. The van der Waals surface area contributed by atoms with Crippen molar-refractivity contribution in [3.05, 3.63) is 52.6 Å². The Morgan fingerprint density at radius 1 is 1.00 bits per heavy atom. The summed E-state index contributed by atoms with van der Waals surface area (Å²) < 4.78 is 29.9. The van der Waals surface area contributed by atoms with E-state index in [0.29, 0.717) is 0 Å². The zero-order chi connectivity index (χ0) is 26.4. The molecule has 190 valence electrons. The van der Waals surface area contributed by atoms with Crippen LogP contribution in [0.25, 0.3) is 0 Å². The van der Waals surface area contributed by atoms with Gasteiger partial charge in [0.05, 0.1) is 18.9 Å². The number of pyridine rings is 1. The van der Waals surface area contributed by atoms with Crippen molar-refractivity contribution < 1.29 is 33.0 Å². The molecule has 2 aromatic rings. The molecule has 35 heavy (non-hydrogen) atoms. The summed E-state index contributed by atoms with van der Waals surface area (Å²) in [5.41, 5.74) is 2.41. The summed E-state index contributed by atoms with van der Waals surface area (Å²) in [4.78, 5) is 42.0. The Kier molecular flexibility index (Phi) is 9.51. The summed E-state index contributed by atoms with van der Waals surface area (Å²) in [6.07, 6.45) is 0.681. The van der Waals surface area contributed by atoms with Crippen LogP contribution in [-0.2, 0) is 14.3 Å². The number of hydrogen-bond acceptors (Lipinski definition) is 7. The van der Waals surface area contributed by atoms with Gasteiger partial charge in [-0.05, 0) is 49.6 Å². The molecular formula is C27H34FNO6. The standard InChI is InChI=1S/C27H34FNO6/c1-14(2)26(31)35-25-22(33-8)9-10-29-24(25)21(30)13-17(5)27(32)34-19(7)18(6)23-15(3)11-20(28)12-16(23)4/h9-12,14,17-19H,13H2,1-8H3/t17-,18-,19+/m1/s1. The molecule has 1 aromatic heterocycles. The van der Waals surface area contributed by atoms with Crippen LogP contribution in [0.15, 0.2) is 24.4 Å². The number of rotatable bonds is 10. The van der Waals surface area contributed by atoms with Crippen molar-refractivity contribution in [1.29, 1.82) is 0 Å². The maximum absolute atomic E-state index is 13.7. The van der Waals surface area contributed by atoms with Gasteiger partial charge in [0, 0.05) is 24.6 Å². The normalized spacial score (nSPS) is 13.7. The third kappa shape index (κ3) is 6.87. The summed E-state index contributed by atoms with van der Waals surface area (Å²) in [6, 6.07) is 4.40. The minimum atomic E-state index is -0.769. The molecule has 0 aliphatic heterocycles. The van der Waals surface area contributed by atoms with Gasteiger partial charge in [-0.25, -0.2) is 9.37 Å². The average Bonchev–Trinajstić information content (AvgIpc) is 2.77. The van der Waals surface area contributed by atoms with Crippen LogP contribution in [0.4, 0.5) is 4.39 Å². The molecule has 1 heterocycles. The molecule has 0 radical (unpaired) electrons.